The fourth-order valence-corrected chi connectivity index (χ4v) is 1.36. The number of rotatable bonds is 3. The average Bonchev–Trinajstić information content (AvgIpc) is 2.42. The molecule has 0 aromatic rings. The van der Waals surface area contributed by atoms with Crippen molar-refractivity contribution in [3.63, 3.8) is 0 Å². The van der Waals surface area contributed by atoms with E-state index in [1.165, 1.54) is 7.11 Å². The number of carbonyl (C=O) groups excluding carboxylic acids is 1. The van der Waals surface area contributed by atoms with E-state index in [0.717, 1.165) is 0 Å². The number of hydrogen-bond donors (Lipinski definition) is 1. The Morgan fingerprint density at radius 2 is 1.82 bits per heavy atom. The van der Waals surface area contributed by atoms with Crippen molar-refractivity contribution in [1.82, 2.24) is 5.32 Å². The first-order chi connectivity index (χ1) is 7.78. The van der Waals surface area contributed by atoms with Crippen LogP contribution < -0.4 is 5.32 Å². The van der Waals surface area contributed by atoms with Gasteiger partial charge in [-0.25, -0.2) is 4.79 Å². The van der Waals surface area contributed by atoms with Gasteiger partial charge >= 0.3 is 13.2 Å². The number of nitrogens with one attached hydrogen (secondary N) is 1. The summed E-state index contributed by atoms with van der Waals surface area (Å²) in [6, 6.07) is 0. The molecule has 17 heavy (non-hydrogen) atoms. The topological polar surface area (TPSA) is 56.8 Å². The second-order valence-electron chi connectivity index (χ2n) is 4.93. The van der Waals surface area contributed by atoms with Gasteiger partial charge < -0.3 is 19.4 Å². The van der Waals surface area contributed by atoms with Gasteiger partial charge in [0.15, 0.2) is 0 Å². The molecule has 0 bridgehead atoms. The molecule has 0 atom stereocenters. The van der Waals surface area contributed by atoms with Crippen molar-refractivity contribution in [2.24, 2.45) is 0 Å². The molecule has 1 aliphatic heterocycles. The molecule has 1 N–H and O–H groups in total. The zero-order chi connectivity index (χ0) is 13.1. The van der Waals surface area contributed by atoms with E-state index in [1.54, 1.807) is 12.1 Å². The van der Waals surface area contributed by atoms with Gasteiger partial charge in [-0.05, 0) is 27.7 Å². The minimum absolute atomic E-state index is 0.336. The SMILES string of the molecule is COC(=O)NC/C=C/B1OC(C)(C)C(C)(C)O1. The van der Waals surface area contributed by atoms with Crippen LogP contribution in [0.4, 0.5) is 4.79 Å². The molecule has 1 aliphatic rings. The third kappa shape index (κ3) is 3.47. The molecule has 0 unspecified atom stereocenters. The Labute approximate surface area is 103 Å². The van der Waals surface area contributed by atoms with Crippen molar-refractivity contribution in [2.45, 2.75) is 38.9 Å². The highest BCUT2D eigenvalue weighted by atomic mass is 16.7. The maximum absolute atomic E-state index is 10.8. The number of ether oxygens (including phenoxy) is 1. The zero-order valence-corrected chi connectivity index (χ0v) is 11.1. The molecule has 1 amide bonds. The summed E-state index contributed by atoms with van der Waals surface area (Å²) >= 11 is 0. The highest BCUT2D eigenvalue weighted by Gasteiger charge is 2.49. The highest BCUT2D eigenvalue weighted by Crippen LogP contribution is 2.36. The molecular formula is C11H20BNO4. The monoisotopic (exact) mass is 241 g/mol. The van der Waals surface area contributed by atoms with Crippen LogP contribution in [-0.4, -0.2) is 38.1 Å². The van der Waals surface area contributed by atoms with Crippen LogP contribution in [0.1, 0.15) is 27.7 Å². The minimum atomic E-state index is -0.455. The first-order valence-electron chi connectivity index (χ1n) is 5.62. The summed E-state index contributed by atoms with van der Waals surface area (Å²) < 4.78 is 15.9. The Kier molecular flexibility index (Phi) is 4.22. The van der Waals surface area contributed by atoms with Gasteiger partial charge in [-0.1, -0.05) is 12.1 Å². The first-order valence-corrected chi connectivity index (χ1v) is 5.62. The van der Waals surface area contributed by atoms with E-state index in [2.05, 4.69) is 10.1 Å². The summed E-state index contributed by atoms with van der Waals surface area (Å²) in [5.74, 6) is 1.78. The molecule has 0 aromatic carbocycles. The number of methoxy groups -OCH3 is 1. The summed E-state index contributed by atoms with van der Waals surface area (Å²) in [4.78, 5) is 10.8. The summed E-state index contributed by atoms with van der Waals surface area (Å²) in [5.41, 5.74) is -0.671. The van der Waals surface area contributed by atoms with E-state index in [-0.39, 0.29) is 18.3 Å². The van der Waals surface area contributed by atoms with Crippen molar-refractivity contribution in [1.29, 1.82) is 0 Å². The summed E-state index contributed by atoms with van der Waals surface area (Å²) in [5, 5.41) is 2.54. The lowest BCUT2D eigenvalue weighted by Gasteiger charge is -2.32. The fraction of sp³-hybridized carbons (Fsp3) is 0.727. The Hall–Kier alpha value is -1.01. The van der Waals surface area contributed by atoms with Gasteiger partial charge in [0, 0.05) is 6.54 Å². The van der Waals surface area contributed by atoms with E-state index in [1.807, 2.05) is 27.7 Å². The summed E-state index contributed by atoms with van der Waals surface area (Å²) in [7, 11) is 0.951. The molecule has 1 rings (SSSR count). The van der Waals surface area contributed by atoms with E-state index in [0.29, 0.717) is 6.54 Å². The van der Waals surface area contributed by atoms with E-state index < -0.39 is 6.09 Å². The Bertz CT molecular complexity index is 299. The van der Waals surface area contributed by atoms with Gasteiger partial charge in [-0.15, -0.1) is 0 Å². The van der Waals surface area contributed by atoms with Crippen LogP contribution in [0.15, 0.2) is 12.1 Å². The number of hydrogen-bond acceptors (Lipinski definition) is 4. The standard InChI is InChI=1S/C11H20BNO4/c1-10(2)11(3,4)17-12(16-10)7-6-8-13-9(14)15-5/h6-7H,8H2,1-5H3,(H,13,14)/b7-6+. The van der Waals surface area contributed by atoms with Gasteiger partial charge in [-0.3, -0.25) is 0 Å². The molecule has 0 aromatic heterocycles. The normalized spacial score (nSPS) is 21.8. The van der Waals surface area contributed by atoms with Crippen LogP contribution in [0.5, 0.6) is 0 Å². The smallest absolute Gasteiger partial charge is 0.453 e. The van der Waals surface area contributed by atoms with Crippen LogP contribution in [-0.2, 0) is 14.0 Å². The van der Waals surface area contributed by atoms with Crippen LogP contribution in [0.3, 0.4) is 0 Å². The molecule has 5 nitrogen and oxygen atoms in total. The number of amides is 1. The van der Waals surface area contributed by atoms with Crippen LogP contribution in [0.2, 0.25) is 0 Å². The molecule has 0 spiro atoms. The van der Waals surface area contributed by atoms with Gasteiger partial charge in [0.05, 0.1) is 18.3 Å². The molecule has 96 valence electrons. The quantitative estimate of drug-likeness (QED) is 0.761. The van der Waals surface area contributed by atoms with Gasteiger partial charge in [0.1, 0.15) is 0 Å². The minimum Gasteiger partial charge on any atom is -0.453 e. The predicted octanol–water partition coefficient (Wildman–Crippen LogP) is 1.53. The van der Waals surface area contributed by atoms with Crippen molar-refractivity contribution >= 4 is 13.2 Å². The maximum atomic E-state index is 10.8. The first kappa shape index (κ1) is 14.1. The largest absolute Gasteiger partial charge is 0.486 e. The molecular weight excluding hydrogens is 221 g/mol. The molecule has 1 heterocycles. The Morgan fingerprint density at radius 3 is 2.29 bits per heavy atom. The van der Waals surface area contributed by atoms with Gasteiger partial charge in [0.2, 0.25) is 0 Å². The van der Waals surface area contributed by atoms with Crippen LogP contribution in [0.25, 0.3) is 0 Å². The van der Waals surface area contributed by atoms with Crippen molar-refractivity contribution in [3.05, 3.63) is 12.1 Å². The highest BCUT2D eigenvalue weighted by molar-refractivity contribution is 6.51. The zero-order valence-electron chi connectivity index (χ0n) is 11.1. The molecule has 0 radical (unpaired) electrons. The molecule has 0 aliphatic carbocycles. The second-order valence-corrected chi connectivity index (χ2v) is 4.93. The Morgan fingerprint density at radius 1 is 1.29 bits per heavy atom. The summed E-state index contributed by atoms with van der Waals surface area (Å²) in [6.45, 7) is 8.36. The molecule has 0 saturated carbocycles. The van der Waals surface area contributed by atoms with Gasteiger partial charge in [0.25, 0.3) is 0 Å². The fourth-order valence-electron chi connectivity index (χ4n) is 1.36. The third-order valence-corrected chi connectivity index (χ3v) is 3.11. The summed E-state index contributed by atoms with van der Waals surface area (Å²) in [6.07, 6.45) is 1.32. The number of carbonyl (C=O) groups is 1. The molecule has 1 fully saturated rings. The van der Waals surface area contributed by atoms with E-state index in [9.17, 15) is 4.79 Å². The number of alkyl carbamates (subject to hydrolysis) is 1. The van der Waals surface area contributed by atoms with Crippen LogP contribution >= 0.6 is 0 Å². The average molecular weight is 241 g/mol. The van der Waals surface area contributed by atoms with Crippen molar-refractivity contribution in [2.75, 3.05) is 13.7 Å². The molecule has 1 saturated heterocycles. The lowest BCUT2D eigenvalue weighted by atomic mass is 9.90. The van der Waals surface area contributed by atoms with E-state index >= 15 is 0 Å². The lowest BCUT2D eigenvalue weighted by molar-refractivity contribution is 0.00578. The third-order valence-electron chi connectivity index (χ3n) is 3.11. The van der Waals surface area contributed by atoms with Crippen molar-refractivity contribution < 1.29 is 18.8 Å². The maximum Gasteiger partial charge on any atom is 0.486 e. The van der Waals surface area contributed by atoms with E-state index in [4.69, 9.17) is 9.31 Å². The van der Waals surface area contributed by atoms with Crippen LogP contribution in [0, 0.1) is 0 Å². The Balaban J connectivity index is 2.40. The lowest BCUT2D eigenvalue weighted by Crippen LogP contribution is -2.41. The van der Waals surface area contributed by atoms with Crippen molar-refractivity contribution in [3.8, 4) is 0 Å². The van der Waals surface area contributed by atoms with Gasteiger partial charge in [-0.2, -0.15) is 0 Å². The second kappa shape index (κ2) is 5.10. The predicted molar refractivity (Wildman–Crippen MR) is 65.6 cm³/mol. The molecule has 6 heteroatoms.